The van der Waals surface area contributed by atoms with E-state index >= 15 is 0 Å². The highest BCUT2D eigenvalue weighted by atomic mass is 19.1. The second-order valence-electron chi connectivity index (χ2n) is 8.40. The summed E-state index contributed by atoms with van der Waals surface area (Å²) in [5.74, 6) is -0.456. The van der Waals surface area contributed by atoms with Crippen molar-refractivity contribution < 1.29 is 9.18 Å². The van der Waals surface area contributed by atoms with Gasteiger partial charge in [0.25, 0.3) is 5.91 Å². The van der Waals surface area contributed by atoms with Crippen molar-refractivity contribution in [2.24, 2.45) is 0 Å². The van der Waals surface area contributed by atoms with Gasteiger partial charge in [-0.15, -0.1) is 0 Å². The molecule has 2 aromatic heterocycles. The van der Waals surface area contributed by atoms with Crippen LogP contribution in [-0.4, -0.2) is 32.1 Å². The first-order valence-electron chi connectivity index (χ1n) is 11.2. The number of rotatable bonds is 7. The van der Waals surface area contributed by atoms with Crippen molar-refractivity contribution in [2.75, 3.05) is 6.54 Å². The topological polar surface area (TPSA) is 63.1 Å². The quantitative estimate of drug-likeness (QED) is 0.600. The molecule has 1 amide bonds. The number of nitrogens with zero attached hydrogens (tertiary/aromatic N) is 4. The fourth-order valence-corrected chi connectivity index (χ4v) is 4.33. The van der Waals surface area contributed by atoms with E-state index in [0.717, 1.165) is 55.1 Å². The van der Waals surface area contributed by atoms with E-state index in [2.05, 4.69) is 35.4 Å². The third-order valence-corrected chi connectivity index (χ3v) is 6.17. The van der Waals surface area contributed by atoms with Gasteiger partial charge < -0.3 is 5.32 Å². The summed E-state index contributed by atoms with van der Waals surface area (Å²) in [6.45, 7) is 9.15. The van der Waals surface area contributed by atoms with Gasteiger partial charge in [0.05, 0.1) is 28.7 Å². The number of hydrogen-bond donors (Lipinski definition) is 1. The predicted molar refractivity (Wildman–Crippen MR) is 122 cm³/mol. The average Bonchev–Trinajstić information content (AvgIpc) is 3.39. The zero-order valence-electron chi connectivity index (χ0n) is 18.9. The maximum atomic E-state index is 13.1. The van der Waals surface area contributed by atoms with Gasteiger partial charge in [-0.25, -0.2) is 4.39 Å². The molecule has 1 saturated heterocycles. The molecule has 1 aliphatic heterocycles. The molecule has 1 aromatic carbocycles. The average molecular weight is 436 g/mol. The summed E-state index contributed by atoms with van der Waals surface area (Å²) >= 11 is 0. The van der Waals surface area contributed by atoms with E-state index in [4.69, 9.17) is 4.98 Å². The van der Waals surface area contributed by atoms with E-state index in [0.29, 0.717) is 12.1 Å². The summed E-state index contributed by atoms with van der Waals surface area (Å²) in [6, 6.07) is 10.2. The number of carbonyl (C=O) groups excluding carboxylic acids is 1. The number of nitrogens with one attached hydrogen (secondary N) is 1. The number of halogens is 1. The van der Waals surface area contributed by atoms with E-state index in [1.54, 1.807) is 12.1 Å². The number of amides is 1. The fourth-order valence-electron chi connectivity index (χ4n) is 4.33. The van der Waals surface area contributed by atoms with Crippen LogP contribution in [0.1, 0.15) is 64.4 Å². The molecule has 7 heteroatoms. The Balaban J connectivity index is 1.43. The third kappa shape index (κ3) is 4.88. The number of benzene rings is 1. The minimum Gasteiger partial charge on any atom is -0.348 e. The van der Waals surface area contributed by atoms with Crippen molar-refractivity contribution in [3.8, 4) is 0 Å². The maximum absolute atomic E-state index is 13.1. The molecule has 1 fully saturated rings. The number of carbonyl (C=O) groups is 1. The van der Waals surface area contributed by atoms with Crippen molar-refractivity contribution >= 4 is 5.91 Å². The van der Waals surface area contributed by atoms with Gasteiger partial charge in [-0.1, -0.05) is 12.1 Å². The highest BCUT2D eigenvalue weighted by Crippen LogP contribution is 2.33. The standard InChI is InChI=1S/C25H30FN5O/c1-4-31-16-20(17(2)29-31)15-30-13-5-6-24(30)23-12-11-22(18(3)28-23)25(32)27-14-19-7-9-21(26)10-8-19/h7-12,16,24H,4-6,13-15H2,1-3H3,(H,27,32)/t24-/m0/s1. The van der Waals surface area contributed by atoms with Crippen LogP contribution in [0.15, 0.2) is 42.6 Å². The Hall–Kier alpha value is -3.06. The second-order valence-corrected chi connectivity index (χ2v) is 8.40. The molecule has 0 saturated carbocycles. The molecule has 6 nitrogen and oxygen atoms in total. The van der Waals surface area contributed by atoms with E-state index < -0.39 is 0 Å². The molecule has 32 heavy (non-hydrogen) atoms. The lowest BCUT2D eigenvalue weighted by molar-refractivity contribution is 0.0949. The van der Waals surface area contributed by atoms with Crippen LogP contribution in [0.4, 0.5) is 4.39 Å². The van der Waals surface area contributed by atoms with E-state index in [1.165, 1.54) is 17.7 Å². The Morgan fingerprint density at radius 2 is 1.94 bits per heavy atom. The zero-order valence-corrected chi connectivity index (χ0v) is 18.9. The van der Waals surface area contributed by atoms with Gasteiger partial charge in [0.1, 0.15) is 5.82 Å². The van der Waals surface area contributed by atoms with Crippen LogP contribution in [0, 0.1) is 19.7 Å². The van der Waals surface area contributed by atoms with Gasteiger partial charge in [0.2, 0.25) is 0 Å². The number of pyridine rings is 1. The molecule has 3 aromatic rings. The Labute approximate surface area is 188 Å². The van der Waals surface area contributed by atoms with Crippen molar-refractivity contribution in [1.29, 1.82) is 0 Å². The second kappa shape index (κ2) is 9.61. The molecule has 0 aliphatic carbocycles. The van der Waals surface area contributed by atoms with Gasteiger partial charge in [-0.2, -0.15) is 5.10 Å². The van der Waals surface area contributed by atoms with Gasteiger partial charge in [0.15, 0.2) is 0 Å². The van der Waals surface area contributed by atoms with Crippen LogP contribution >= 0.6 is 0 Å². The van der Waals surface area contributed by atoms with Crippen LogP contribution < -0.4 is 5.32 Å². The van der Waals surface area contributed by atoms with Gasteiger partial charge in [-0.05, 0) is 70.0 Å². The molecular formula is C25H30FN5O. The molecule has 1 aliphatic rings. The molecule has 0 radical (unpaired) electrons. The first-order valence-corrected chi connectivity index (χ1v) is 11.2. The Morgan fingerprint density at radius 1 is 1.16 bits per heavy atom. The van der Waals surface area contributed by atoms with Crippen LogP contribution in [0.2, 0.25) is 0 Å². The lowest BCUT2D eigenvalue weighted by Crippen LogP contribution is -2.26. The Bertz CT molecular complexity index is 1090. The van der Waals surface area contributed by atoms with E-state index in [1.807, 2.05) is 23.7 Å². The van der Waals surface area contributed by atoms with Crippen molar-refractivity contribution in [2.45, 2.75) is 59.3 Å². The van der Waals surface area contributed by atoms with E-state index in [9.17, 15) is 9.18 Å². The summed E-state index contributed by atoms with van der Waals surface area (Å²) in [5.41, 5.74) is 5.49. The normalized spacial score (nSPS) is 16.4. The summed E-state index contributed by atoms with van der Waals surface area (Å²) in [4.78, 5) is 19.9. The SMILES string of the molecule is CCn1cc(CN2CCC[C@H]2c2ccc(C(=O)NCc3ccc(F)cc3)c(C)n2)c(C)n1. The summed E-state index contributed by atoms with van der Waals surface area (Å²) in [5, 5.41) is 7.47. The number of aromatic nitrogens is 3. The first-order chi connectivity index (χ1) is 15.4. The molecular weight excluding hydrogens is 405 g/mol. The van der Waals surface area contributed by atoms with Gasteiger partial charge in [0, 0.05) is 31.4 Å². The molecule has 168 valence electrons. The zero-order chi connectivity index (χ0) is 22.7. The fraction of sp³-hybridized carbons (Fsp3) is 0.400. The molecule has 1 N–H and O–H groups in total. The van der Waals surface area contributed by atoms with Crippen LogP contribution in [0.25, 0.3) is 0 Å². The molecule has 0 bridgehead atoms. The minimum absolute atomic E-state index is 0.170. The molecule has 0 spiro atoms. The number of aryl methyl sites for hydroxylation is 3. The molecule has 4 rings (SSSR count). The van der Waals surface area contributed by atoms with Crippen molar-refractivity contribution in [3.63, 3.8) is 0 Å². The highest BCUT2D eigenvalue weighted by Gasteiger charge is 2.28. The Kier molecular flexibility index (Phi) is 6.65. The lowest BCUT2D eigenvalue weighted by Gasteiger charge is -2.24. The summed E-state index contributed by atoms with van der Waals surface area (Å²) < 4.78 is 15.0. The Morgan fingerprint density at radius 3 is 2.62 bits per heavy atom. The molecule has 1 atom stereocenters. The highest BCUT2D eigenvalue weighted by molar-refractivity contribution is 5.95. The first kappa shape index (κ1) is 22.1. The van der Waals surface area contributed by atoms with Gasteiger partial charge in [-0.3, -0.25) is 19.4 Å². The number of likely N-dealkylation sites (tertiary alicyclic amines) is 1. The van der Waals surface area contributed by atoms with Crippen LogP contribution in [0.5, 0.6) is 0 Å². The third-order valence-electron chi connectivity index (χ3n) is 6.17. The monoisotopic (exact) mass is 435 g/mol. The van der Waals surface area contributed by atoms with Gasteiger partial charge >= 0.3 is 0 Å². The van der Waals surface area contributed by atoms with E-state index in [-0.39, 0.29) is 17.8 Å². The van der Waals surface area contributed by atoms with Crippen LogP contribution in [-0.2, 0) is 19.6 Å². The smallest absolute Gasteiger partial charge is 0.253 e. The van der Waals surface area contributed by atoms with Crippen molar-refractivity contribution in [3.05, 3.63) is 82.2 Å². The van der Waals surface area contributed by atoms with Crippen molar-refractivity contribution in [1.82, 2.24) is 25.0 Å². The molecule has 0 unspecified atom stereocenters. The molecule has 3 heterocycles. The predicted octanol–water partition coefficient (Wildman–Crippen LogP) is 4.32. The summed E-state index contributed by atoms with van der Waals surface area (Å²) in [7, 11) is 0. The van der Waals surface area contributed by atoms with Crippen LogP contribution in [0.3, 0.4) is 0 Å². The minimum atomic E-state index is -0.286. The number of hydrogen-bond acceptors (Lipinski definition) is 4. The summed E-state index contributed by atoms with van der Waals surface area (Å²) in [6.07, 6.45) is 4.33. The largest absolute Gasteiger partial charge is 0.348 e. The maximum Gasteiger partial charge on any atom is 0.253 e. The lowest BCUT2D eigenvalue weighted by atomic mass is 10.1.